The fourth-order valence-electron chi connectivity index (χ4n) is 4.13. The Bertz CT molecular complexity index is 1000. The maximum Gasteiger partial charge on any atom is 0.255 e. The highest BCUT2D eigenvalue weighted by Crippen LogP contribution is 2.32. The first-order valence-corrected chi connectivity index (χ1v) is 10.8. The van der Waals surface area contributed by atoms with Gasteiger partial charge in [-0.1, -0.05) is 6.07 Å². The van der Waals surface area contributed by atoms with E-state index in [1.54, 1.807) is 22.4 Å². The number of piperidine rings is 1. The Labute approximate surface area is 164 Å². The summed E-state index contributed by atoms with van der Waals surface area (Å²) in [6, 6.07) is 5.72. The predicted octanol–water partition coefficient (Wildman–Crippen LogP) is 3.02. The molecule has 6 rings (SSSR count). The zero-order valence-electron chi connectivity index (χ0n) is 14.6. The summed E-state index contributed by atoms with van der Waals surface area (Å²) in [5, 5.41) is 1.99. The number of fused-ring (bicyclic) bond motifs is 5. The Balaban J connectivity index is 1.43. The summed E-state index contributed by atoms with van der Waals surface area (Å²) in [4.78, 5) is 38.7. The monoisotopic (exact) mass is 398 g/mol. The van der Waals surface area contributed by atoms with Gasteiger partial charge < -0.3 is 9.80 Å². The highest BCUT2D eigenvalue weighted by molar-refractivity contribution is 7.17. The molecule has 1 aromatic carbocycles. The fraction of sp³-hybridized carbons (Fsp3) is 0.368. The number of carbonyl (C=O) groups is 2. The lowest BCUT2D eigenvalue weighted by Gasteiger charge is -2.35. The first-order valence-electron chi connectivity index (χ1n) is 9.00. The summed E-state index contributed by atoms with van der Waals surface area (Å²) in [6.45, 7) is 1.62. The minimum Gasteiger partial charge on any atom is -0.336 e. The van der Waals surface area contributed by atoms with Crippen molar-refractivity contribution in [3.63, 3.8) is 0 Å². The van der Waals surface area contributed by atoms with E-state index in [1.165, 1.54) is 11.3 Å². The largest absolute Gasteiger partial charge is 0.336 e. The van der Waals surface area contributed by atoms with Gasteiger partial charge in [-0.2, -0.15) is 0 Å². The van der Waals surface area contributed by atoms with E-state index >= 15 is 0 Å². The normalized spacial score (nSPS) is 22.4. The summed E-state index contributed by atoms with van der Waals surface area (Å²) in [7, 11) is 0. The highest BCUT2D eigenvalue weighted by atomic mass is 32.1. The van der Waals surface area contributed by atoms with Crippen molar-refractivity contribution in [3.05, 3.63) is 45.9 Å². The molecule has 0 radical (unpaired) electrons. The number of aromatic nitrogens is 2. The number of rotatable bonds is 3. The van der Waals surface area contributed by atoms with Gasteiger partial charge in [0.2, 0.25) is 5.91 Å². The maximum atomic E-state index is 13.3. The zero-order chi connectivity index (χ0) is 18.4. The van der Waals surface area contributed by atoms with Gasteiger partial charge in [-0.3, -0.25) is 9.59 Å². The summed E-state index contributed by atoms with van der Waals surface area (Å²) in [5.74, 6) is 0.0441. The molecule has 8 heteroatoms. The zero-order valence-corrected chi connectivity index (χ0v) is 16.2. The lowest BCUT2D eigenvalue weighted by Crippen LogP contribution is -2.47. The lowest BCUT2D eigenvalue weighted by molar-refractivity contribution is -0.140. The molecule has 2 bridgehead atoms. The van der Waals surface area contributed by atoms with Crippen LogP contribution in [-0.4, -0.2) is 50.7 Å². The number of nitrogens with zero attached hydrogens (tertiary/aromatic N) is 4. The average Bonchev–Trinajstić information content (AvgIpc) is 3.30. The molecule has 0 saturated carbocycles. The van der Waals surface area contributed by atoms with E-state index in [0.29, 0.717) is 25.2 Å². The fourth-order valence-corrected chi connectivity index (χ4v) is 5.47. The molecule has 3 fully saturated rings. The van der Waals surface area contributed by atoms with Gasteiger partial charge in [0.25, 0.3) is 5.91 Å². The molecular formula is C19H18N4O2S2. The maximum absolute atomic E-state index is 13.3. The minimum absolute atomic E-state index is 0.00468. The molecular weight excluding hydrogens is 380 g/mol. The molecule has 2 atom stereocenters. The Morgan fingerprint density at radius 2 is 2.11 bits per heavy atom. The first-order chi connectivity index (χ1) is 13.2. The Hall–Kier alpha value is -2.32. The summed E-state index contributed by atoms with van der Waals surface area (Å²) in [5.41, 5.74) is 6.03. The second kappa shape index (κ2) is 6.69. The molecule has 0 aliphatic carbocycles. The van der Waals surface area contributed by atoms with Crippen LogP contribution in [0.25, 0.3) is 10.2 Å². The van der Waals surface area contributed by atoms with Gasteiger partial charge in [0.1, 0.15) is 0 Å². The molecule has 0 unspecified atom stereocenters. The molecule has 3 saturated heterocycles. The molecule has 0 spiro atoms. The van der Waals surface area contributed by atoms with Crippen LogP contribution in [0, 0.1) is 5.92 Å². The Kier molecular flexibility index (Phi) is 4.17. The van der Waals surface area contributed by atoms with Crippen molar-refractivity contribution >= 4 is 44.7 Å². The summed E-state index contributed by atoms with van der Waals surface area (Å²) in [6.07, 6.45) is 1.79. The van der Waals surface area contributed by atoms with Crippen LogP contribution in [0.15, 0.2) is 34.6 Å². The van der Waals surface area contributed by atoms with Gasteiger partial charge in [0, 0.05) is 24.5 Å². The van der Waals surface area contributed by atoms with Crippen molar-refractivity contribution in [2.45, 2.75) is 25.4 Å². The van der Waals surface area contributed by atoms with Crippen LogP contribution in [0.5, 0.6) is 0 Å². The number of hydrogen-bond donors (Lipinski definition) is 0. The van der Waals surface area contributed by atoms with E-state index in [4.69, 9.17) is 0 Å². The Morgan fingerprint density at radius 1 is 1.19 bits per heavy atom. The molecule has 138 valence electrons. The molecule has 5 heterocycles. The van der Waals surface area contributed by atoms with Crippen LogP contribution in [0.4, 0.5) is 0 Å². The van der Waals surface area contributed by atoms with Crippen molar-refractivity contribution in [2.24, 2.45) is 5.92 Å². The molecule has 3 aromatic rings. The van der Waals surface area contributed by atoms with Gasteiger partial charge >= 0.3 is 0 Å². The number of amides is 2. The Morgan fingerprint density at radius 3 is 2.96 bits per heavy atom. The van der Waals surface area contributed by atoms with Gasteiger partial charge in [0.15, 0.2) is 0 Å². The quantitative estimate of drug-likeness (QED) is 0.680. The second-order valence-electron chi connectivity index (χ2n) is 7.09. The van der Waals surface area contributed by atoms with Crippen molar-refractivity contribution in [3.8, 4) is 0 Å². The van der Waals surface area contributed by atoms with Gasteiger partial charge in [0.05, 0.1) is 45.0 Å². The molecule has 6 nitrogen and oxygen atoms in total. The summed E-state index contributed by atoms with van der Waals surface area (Å²) < 4.78 is 0.921. The van der Waals surface area contributed by atoms with Crippen LogP contribution in [-0.2, 0) is 11.3 Å². The van der Waals surface area contributed by atoms with Crippen LogP contribution < -0.4 is 0 Å². The third-order valence-corrected chi connectivity index (χ3v) is 6.99. The van der Waals surface area contributed by atoms with Crippen molar-refractivity contribution in [2.75, 3.05) is 13.1 Å². The SMILES string of the molecule is O=C(c1cccc2ncsc12)N1C[C@@H]2CC[C@H](C1)N(Cc1cscn1)C2=O. The van der Waals surface area contributed by atoms with Crippen molar-refractivity contribution in [1.82, 2.24) is 19.8 Å². The van der Waals surface area contributed by atoms with E-state index in [-0.39, 0.29) is 23.8 Å². The third kappa shape index (κ3) is 2.93. The number of carbonyl (C=O) groups excluding carboxylic acids is 2. The van der Waals surface area contributed by atoms with E-state index in [9.17, 15) is 9.59 Å². The molecule has 3 aliphatic rings. The number of thiazole rings is 2. The molecule has 2 aromatic heterocycles. The number of benzene rings is 1. The highest BCUT2D eigenvalue weighted by Gasteiger charge is 2.42. The topological polar surface area (TPSA) is 66.4 Å². The molecule has 0 N–H and O–H groups in total. The van der Waals surface area contributed by atoms with E-state index in [0.717, 1.165) is 28.8 Å². The van der Waals surface area contributed by atoms with Crippen molar-refractivity contribution < 1.29 is 9.59 Å². The van der Waals surface area contributed by atoms with Gasteiger partial charge in [-0.15, -0.1) is 22.7 Å². The average molecular weight is 399 g/mol. The minimum atomic E-state index is -0.119. The number of hydrogen-bond acceptors (Lipinski definition) is 6. The smallest absolute Gasteiger partial charge is 0.255 e. The van der Waals surface area contributed by atoms with Gasteiger partial charge in [-0.05, 0) is 25.0 Å². The van der Waals surface area contributed by atoms with E-state index in [1.807, 2.05) is 33.4 Å². The predicted molar refractivity (Wildman–Crippen MR) is 105 cm³/mol. The molecule has 27 heavy (non-hydrogen) atoms. The first kappa shape index (κ1) is 16.8. The van der Waals surface area contributed by atoms with Crippen LogP contribution >= 0.6 is 22.7 Å². The third-order valence-electron chi connectivity index (χ3n) is 5.48. The second-order valence-corrected chi connectivity index (χ2v) is 8.66. The summed E-state index contributed by atoms with van der Waals surface area (Å²) >= 11 is 3.03. The van der Waals surface area contributed by atoms with Crippen LogP contribution in [0.3, 0.4) is 0 Å². The van der Waals surface area contributed by atoms with Gasteiger partial charge in [-0.25, -0.2) is 9.97 Å². The van der Waals surface area contributed by atoms with E-state index < -0.39 is 0 Å². The molecule has 3 aliphatic heterocycles. The van der Waals surface area contributed by atoms with Crippen LogP contribution in [0.1, 0.15) is 28.9 Å². The lowest BCUT2D eigenvalue weighted by atomic mass is 9.94. The van der Waals surface area contributed by atoms with Crippen LogP contribution in [0.2, 0.25) is 0 Å². The van der Waals surface area contributed by atoms with Crippen molar-refractivity contribution in [1.29, 1.82) is 0 Å². The molecule has 2 amide bonds. The standard InChI is InChI=1S/C19H18N4O2S2/c24-18-12-4-5-14(23(18)7-13-9-26-10-20-13)8-22(6-12)19(25)15-2-1-3-16-17(15)27-11-21-16/h1-3,9-12,14H,4-8H2/t12-,14+/m0/s1. The van der Waals surface area contributed by atoms with E-state index in [2.05, 4.69) is 9.97 Å².